The van der Waals surface area contributed by atoms with E-state index in [-0.39, 0.29) is 12.0 Å². The molecule has 0 N–H and O–H groups in total. The molecule has 0 aromatic rings. The van der Waals surface area contributed by atoms with Crippen molar-refractivity contribution in [3.8, 4) is 0 Å². The number of hydrogen-bond acceptors (Lipinski definition) is 6. The Balaban J connectivity index is 1.90. The standard InChI is InChI=1S/C16H25N3O3S2/c1-4-22-15(21)18-9-7-17(8-10-18)11-13-14(20)19(16(23)24-13)6-5-12(2)3/h11-12H,4-10H2,1-3H3/b13-11-. The van der Waals surface area contributed by atoms with E-state index in [9.17, 15) is 9.59 Å². The van der Waals surface area contributed by atoms with E-state index in [1.165, 1.54) is 11.8 Å². The largest absolute Gasteiger partial charge is 0.450 e. The maximum Gasteiger partial charge on any atom is 0.409 e. The first-order valence-electron chi connectivity index (χ1n) is 8.33. The Morgan fingerprint density at radius 3 is 2.58 bits per heavy atom. The number of thioether (sulfide) groups is 1. The molecule has 0 atom stereocenters. The Morgan fingerprint density at radius 1 is 1.33 bits per heavy atom. The number of ether oxygens (including phenoxy) is 1. The van der Waals surface area contributed by atoms with Gasteiger partial charge in [0, 0.05) is 38.9 Å². The second kappa shape index (κ2) is 8.71. The fourth-order valence-corrected chi connectivity index (χ4v) is 3.80. The lowest BCUT2D eigenvalue weighted by Gasteiger charge is -2.33. The Kier molecular flexibility index (Phi) is 6.91. The molecule has 134 valence electrons. The summed E-state index contributed by atoms with van der Waals surface area (Å²) < 4.78 is 5.65. The van der Waals surface area contributed by atoms with Crippen LogP contribution in [-0.4, -0.2) is 70.4 Å². The van der Waals surface area contributed by atoms with Crippen LogP contribution in [0.1, 0.15) is 27.2 Å². The van der Waals surface area contributed by atoms with Gasteiger partial charge >= 0.3 is 6.09 Å². The summed E-state index contributed by atoms with van der Waals surface area (Å²) in [4.78, 5) is 30.3. The Bertz CT molecular complexity index is 529. The second-order valence-electron chi connectivity index (χ2n) is 6.22. The summed E-state index contributed by atoms with van der Waals surface area (Å²) in [6.07, 6.45) is 2.56. The molecule has 0 saturated carbocycles. The third-order valence-corrected chi connectivity index (χ3v) is 5.31. The van der Waals surface area contributed by atoms with E-state index in [1.807, 2.05) is 6.20 Å². The number of hydrogen-bond donors (Lipinski definition) is 0. The first kappa shape index (κ1) is 19.1. The molecule has 2 rings (SSSR count). The molecule has 0 aromatic heterocycles. The summed E-state index contributed by atoms with van der Waals surface area (Å²) in [7, 11) is 0. The summed E-state index contributed by atoms with van der Waals surface area (Å²) in [5.74, 6) is 0.535. The Labute approximate surface area is 153 Å². The lowest BCUT2D eigenvalue weighted by molar-refractivity contribution is -0.122. The van der Waals surface area contributed by atoms with Gasteiger partial charge in [-0.05, 0) is 19.3 Å². The molecule has 0 aromatic carbocycles. The van der Waals surface area contributed by atoms with Crippen LogP contribution in [0.3, 0.4) is 0 Å². The lowest BCUT2D eigenvalue weighted by Crippen LogP contribution is -2.47. The number of piperazine rings is 1. The van der Waals surface area contributed by atoms with Crippen LogP contribution >= 0.6 is 24.0 Å². The van der Waals surface area contributed by atoms with Crippen LogP contribution in [0.25, 0.3) is 0 Å². The molecule has 2 heterocycles. The average Bonchev–Trinajstić information content (AvgIpc) is 2.80. The van der Waals surface area contributed by atoms with Gasteiger partial charge in [-0.15, -0.1) is 0 Å². The highest BCUT2D eigenvalue weighted by atomic mass is 32.2. The van der Waals surface area contributed by atoms with E-state index < -0.39 is 0 Å². The van der Waals surface area contributed by atoms with Gasteiger partial charge in [-0.2, -0.15) is 0 Å². The van der Waals surface area contributed by atoms with E-state index in [0.717, 1.165) is 6.42 Å². The number of carbonyl (C=O) groups is 2. The van der Waals surface area contributed by atoms with Crippen LogP contribution in [0.15, 0.2) is 11.1 Å². The normalized spacial score (nSPS) is 20.5. The number of nitrogens with zero attached hydrogens (tertiary/aromatic N) is 3. The zero-order valence-electron chi connectivity index (χ0n) is 14.5. The molecule has 0 spiro atoms. The molecule has 0 radical (unpaired) electrons. The smallest absolute Gasteiger partial charge is 0.409 e. The summed E-state index contributed by atoms with van der Waals surface area (Å²) in [6, 6.07) is 0. The maximum absolute atomic E-state index is 12.5. The quantitative estimate of drug-likeness (QED) is 0.547. The van der Waals surface area contributed by atoms with Gasteiger partial charge in [-0.3, -0.25) is 9.69 Å². The van der Waals surface area contributed by atoms with Gasteiger partial charge in [0.15, 0.2) is 0 Å². The number of thiocarbonyl (C=S) groups is 1. The highest BCUT2D eigenvalue weighted by Crippen LogP contribution is 2.31. The van der Waals surface area contributed by atoms with Gasteiger partial charge in [-0.25, -0.2) is 4.79 Å². The molecular weight excluding hydrogens is 346 g/mol. The zero-order valence-corrected chi connectivity index (χ0v) is 16.1. The van der Waals surface area contributed by atoms with E-state index in [1.54, 1.807) is 16.7 Å². The van der Waals surface area contributed by atoms with Gasteiger partial charge < -0.3 is 14.5 Å². The van der Waals surface area contributed by atoms with Crippen molar-refractivity contribution >= 4 is 40.3 Å². The molecule has 2 amide bonds. The van der Waals surface area contributed by atoms with Crippen LogP contribution in [-0.2, 0) is 9.53 Å². The average molecular weight is 372 g/mol. The van der Waals surface area contributed by atoms with Crippen molar-refractivity contribution in [3.63, 3.8) is 0 Å². The van der Waals surface area contributed by atoms with E-state index in [2.05, 4.69) is 18.7 Å². The molecule has 8 heteroatoms. The molecule has 2 aliphatic rings. The van der Waals surface area contributed by atoms with Gasteiger partial charge in [0.2, 0.25) is 0 Å². The summed E-state index contributed by atoms with van der Waals surface area (Å²) >= 11 is 6.70. The summed E-state index contributed by atoms with van der Waals surface area (Å²) in [5.41, 5.74) is 0. The van der Waals surface area contributed by atoms with Crippen molar-refractivity contribution in [1.82, 2.24) is 14.7 Å². The van der Waals surface area contributed by atoms with Crippen molar-refractivity contribution < 1.29 is 14.3 Å². The third-order valence-electron chi connectivity index (χ3n) is 3.94. The summed E-state index contributed by atoms with van der Waals surface area (Å²) in [5, 5.41) is 0. The molecule has 2 aliphatic heterocycles. The lowest BCUT2D eigenvalue weighted by atomic mass is 10.1. The number of amides is 2. The molecule has 0 unspecified atom stereocenters. The maximum atomic E-state index is 12.5. The topological polar surface area (TPSA) is 53.1 Å². The monoisotopic (exact) mass is 371 g/mol. The minimum absolute atomic E-state index is 0.00141. The van der Waals surface area contributed by atoms with Crippen molar-refractivity contribution in [2.24, 2.45) is 5.92 Å². The molecular formula is C16H25N3O3S2. The van der Waals surface area contributed by atoms with Gasteiger partial charge in [-0.1, -0.05) is 37.8 Å². The van der Waals surface area contributed by atoms with Crippen LogP contribution < -0.4 is 0 Å². The van der Waals surface area contributed by atoms with Crippen LogP contribution in [0, 0.1) is 5.92 Å². The molecule has 0 bridgehead atoms. The van der Waals surface area contributed by atoms with Gasteiger partial charge in [0.1, 0.15) is 4.32 Å². The van der Waals surface area contributed by atoms with E-state index in [0.29, 0.717) is 54.5 Å². The number of carbonyl (C=O) groups excluding carboxylic acids is 2. The Morgan fingerprint density at radius 2 is 2.00 bits per heavy atom. The number of rotatable bonds is 5. The van der Waals surface area contributed by atoms with Gasteiger partial charge in [0.05, 0.1) is 11.5 Å². The van der Waals surface area contributed by atoms with E-state index >= 15 is 0 Å². The first-order valence-corrected chi connectivity index (χ1v) is 9.56. The van der Waals surface area contributed by atoms with Crippen LogP contribution in [0.5, 0.6) is 0 Å². The molecule has 2 fully saturated rings. The summed E-state index contributed by atoms with van der Waals surface area (Å²) in [6.45, 7) is 9.71. The fraction of sp³-hybridized carbons (Fsp3) is 0.688. The van der Waals surface area contributed by atoms with Gasteiger partial charge in [0.25, 0.3) is 5.91 Å². The molecule has 2 saturated heterocycles. The highest BCUT2D eigenvalue weighted by molar-refractivity contribution is 8.26. The molecule has 6 nitrogen and oxygen atoms in total. The third kappa shape index (κ3) is 4.86. The molecule has 0 aliphatic carbocycles. The van der Waals surface area contributed by atoms with Crippen molar-refractivity contribution in [2.45, 2.75) is 27.2 Å². The van der Waals surface area contributed by atoms with Crippen molar-refractivity contribution in [1.29, 1.82) is 0 Å². The second-order valence-corrected chi connectivity index (χ2v) is 7.90. The fourth-order valence-electron chi connectivity index (χ4n) is 2.48. The predicted molar refractivity (Wildman–Crippen MR) is 99.6 cm³/mol. The van der Waals surface area contributed by atoms with Crippen LogP contribution in [0.4, 0.5) is 4.79 Å². The minimum Gasteiger partial charge on any atom is -0.450 e. The first-order chi connectivity index (χ1) is 11.4. The predicted octanol–water partition coefficient (Wildman–Crippen LogP) is 2.51. The molecule has 24 heavy (non-hydrogen) atoms. The van der Waals surface area contributed by atoms with Crippen molar-refractivity contribution in [2.75, 3.05) is 39.3 Å². The zero-order chi connectivity index (χ0) is 17.7. The van der Waals surface area contributed by atoms with Crippen LogP contribution in [0.2, 0.25) is 0 Å². The highest BCUT2D eigenvalue weighted by Gasteiger charge is 2.32. The van der Waals surface area contributed by atoms with E-state index in [4.69, 9.17) is 17.0 Å². The SMILES string of the molecule is CCOC(=O)N1CCN(/C=C2\SC(=S)N(CCC(C)C)C2=O)CC1. The Hall–Kier alpha value is -1.28. The van der Waals surface area contributed by atoms with Crippen molar-refractivity contribution in [3.05, 3.63) is 11.1 Å². The minimum atomic E-state index is -0.267.